The van der Waals surface area contributed by atoms with Crippen molar-refractivity contribution >= 4 is 51.4 Å². The first-order valence-electron chi connectivity index (χ1n) is 3.55. The first-order chi connectivity index (χ1) is 5.46. The van der Waals surface area contributed by atoms with Crippen LogP contribution in [0.15, 0.2) is 0 Å². The van der Waals surface area contributed by atoms with Crippen molar-refractivity contribution in [2.45, 2.75) is 36.6 Å². The van der Waals surface area contributed by atoms with Gasteiger partial charge in [0.05, 0.1) is 0 Å². The summed E-state index contributed by atoms with van der Waals surface area (Å²) < 4.78 is 0. The van der Waals surface area contributed by atoms with Crippen molar-refractivity contribution in [1.29, 1.82) is 0 Å². The maximum atomic E-state index is 8.97. The van der Waals surface area contributed by atoms with E-state index in [4.69, 9.17) is 30.6 Å². The Morgan fingerprint density at radius 2 is 0.462 bits per heavy atom. The first kappa shape index (κ1) is 14.4. The molecule has 0 aromatic heterocycles. The number of hydrogen-bond acceptors (Lipinski definition) is 6. The zero-order chi connectivity index (χ0) is 9.46. The van der Waals surface area contributed by atoms with E-state index < -0.39 is 36.6 Å². The summed E-state index contributed by atoms with van der Waals surface area (Å²) in [6, 6.07) is 0. The Labute approximate surface area is 117 Å². The minimum absolute atomic E-state index is 0. The number of aliphatic hydroxyl groups is 6. The second kappa shape index (κ2) is 5.47. The molecule has 0 saturated heterocycles. The number of hydrogen-bond donors (Lipinski definition) is 6. The molecule has 13 heavy (non-hydrogen) atoms. The van der Waals surface area contributed by atoms with Crippen molar-refractivity contribution in [3.05, 3.63) is 0 Å². The Morgan fingerprint density at radius 3 is 0.538 bits per heavy atom. The van der Waals surface area contributed by atoms with Crippen LogP contribution in [0.1, 0.15) is 0 Å². The van der Waals surface area contributed by atoms with E-state index in [9.17, 15) is 0 Å². The zero-order valence-corrected chi connectivity index (χ0v) is 6.15. The van der Waals surface area contributed by atoms with Gasteiger partial charge >= 0.3 is 51.4 Å². The van der Waals surface area contributed by atoms with Gasteiger partial charge in [0.1, 0.15) is 36.6 Å². The van der Waals surface area contributed by atoms with E-state index in [0.29, 0.717) is 0 Å². The molecular formula is C6H13KO6. The van der Waals surface area contributed by atoms with Gasteiger partial charge in [0.25, 0.3) is 0 Å². The Morgan fingerprint density at radius 1 is 0.385 bits per heavy atom. The van der Waals surface area contributed by atoms with Gasteiger partial charge in [-0.05, 0) is 0 Å². The van der Waals surface area contributed by atoms with Gasteiger partial charge in [-0.1, -0.05) is 0 Å². The quantitative estimate of drug-likeness (QED) is 0.229. The molecule has 0 atom stereocenters. The van der Waals surface area contributed by atoms with Gasteiger partial charge in [0, 0.05) is 0 Å². The number of rotatable bonds is 0. The molecule has 0 spiro atoms. The zero-order valence-electron chi connectivity index (χ0n) is 6.15. The van der Waals surface area contributed by atoms with Crippen LogP contribution in [0.25, 0.3) is 0 Å². The molecule has 0 heterocycles. The first-order valence-corrected chi connectivity index (χ1v) is 3.55. The molecule has 74 valence electrons. The standard InChI is InChI=1S/C6H12O6.K.H/c7-1-2(8)4(10)6(12)5(11)3(1)9;;/h1-12H;;/t1-,2-,3-,4+,5-,6-;;. The summed E-state index contributed by atoms with van der Waals surface area (Å²) in [7, 11) is 0. The minimum atomic E-state index is -1.64. The Hall–Kier alpha value is 1.40. The van der Waals surface area contributed by atoms with Crippen LogP contribution in [0.5, 0.6) is 0 Å². The molecule has 1 saturated carbocycles. The van der Waals surface area contributed by atoms with Gasteiger partial charge < -0.3 is 30.6 Å². The molecular weight excluding hydrogens is 207 g/mol. The summed E-state index contributed by atoms with van der Waals surface area (Å²) in [6.07, 6.45) is -9.84. The maximum absolute atomic E-state index is 8.97. The molecule has 1 aliphatic carbocycles. The van der Waals surface area contributed by atoms with Crippen LogP contribution >= 0.6 is 0 Å². The fourth-order valence-corrected chi connectivity index (χ4v) is 1.21. The van der Waals surface area contributed by atoms with E-state index in [-0.39, 0.29) is 51.4 Å². The third-order valence-corrected chi connectivity index (χ3v) is 2.10. The Bertz CT molecular complexity index is 109. The van der Waals surface area contributed by atoms with Crippen LogP contribution in [0.2, 0.25) is 0 Å². The molecule has 7 heteroatoms. The Kier molecular flexibility index (Phi) is 6.06. The molecule has 0 aromatic carbocycles. The summed E-state index contributed by atoms with van der Waals surface area (Å²) >= 11 is 0. The Balaban J connectivity index is 0.00000144. The molecule has 1 fully saturated rings. The van der Waals surface area contributed by atoms with E-state index in [1.54, 1.807) is 0 Å². The summed E-state index contributed by atoms with van der Waals surface area (Å²) in [5.41, 5.74) is 0. The van der Waals surface area contributed by atoms with E-state index in [0.717, 1.165) is 0 Å². The van der Waals surface area contributed by atoms with Crippen molar-refractivity contribution in [3.63, 3.8) is 0 Å². The van der Waals surface area contributed by atoms with E-state index in [2.05, 4.69) is 0 Å². The van der Waals surface area contributed by atoms with Crippen LogP contribution in [0.4, 0.5) is 0 Å². The molecule has 0 bridgehead atoms. The molecule has 0 radical (unpaired) electrons. The molecule has 1 aliphatic rings. The van der Waals surface area contributed by atoms with Gasteiger partial charge in [-0.15, -0.1) is 0 Å². The molecule has 0 amide bonds. The summed E-state index contributed by atoms with van der Waals surface area (Å²) in [5.74, 6) is 0. The van der Waals surface area contributed by atoms with Gasteiger partial charge in [-0.25, -0.2) is 0 Å². The summed E-state index contributed by atoms with van der Waals surface area (Å²) in [6.45, 7) is 0. The topological polar surface area (TPSA) is 121 Å². The molecule has 6 nitrogen and oxygen atoms in total. The normalized spacial score (nSPS) is 51.2. The summed E-state index contributed by atoms with van der Waals surface area (Å²) in [5, 5.41) is 53.8. The van der Waals surface area contributed by atoms with Crippen molar-refractivity contribution in [1.82, 2.24) is 0 Å². The van der Waals surface area contributed by atoms with E-state index in [1.807, 2.05) is 0 Å². The third-order valence-electron chi connectivity index (χ3n) is 2.10. The van der Waals surface area contributed by atoms with Crippen LogP contribution in [0.3, 0.4) is 0 Å². The molecule has 6 N–H and O–H groups in total. The fourth-order valence-electron chi connectivity index (χ4n) is 1.21. The van der Waals surface area contributed by atoms with Crippen LogP contribution < -0.4 is 0 Å². The van der Waals surface area contributed by atoms with Crippen LogP contribution in [0, 0.1) is 0 Å². The van der Waals surface area contributed by atoms with E-state index >= 15 is 0 Å². The summed E-state index contributed by atoms with van der Waals surface area (Å²) in [4.78, 5) is 0. The molecule has 0 aromatic rings. The second-order valence-corrected chi connectivity index (χ2v) is 2.94. The second-order valence-electron chi connectivity index (χ2n) is 2.94. The van der Waals surface area contributed by atoms with E-state index in [1.165, 1.54) is 0 Å². The van der Waals surface area contributed by atoms with Gasteiger partial charge in [0.15, 0.2) is 0 Å². The van der Waals surface area contributed by atoms with Crippen molar-refractivity contribution in [3.8, 4) is 0 Å². The van der Waals surface area contributed by atoms with Crippen molar-refractivity contribution < 1.29 is 30.6 Å². The SMILES string of the molecule is O[C@H]1[C@H](O)[C@@H](O)[C@H](O)[C@@H](O)[C@H]1O.[KH]. The predicted molar refractivity (Wildman–Crippen MR) is 43.2 cm³/mol. The fraction of sp³-hybridized carbons (Fsp3) is 1.00. The van der Waals surface area contributed by atoms with Crippen molar-refractivity contribution in [2.75, 3.05) is 0 Å². The molecule has 1 rings (SSSR count). The molecule has 0 unspecified atom stereocenters. The van der Waals surface area contributed by atoms with Crippen molar-refractivity contribution in [2.24, 2.45) is 0 Å². The average molecular weight is 220 g/mol. The van der Waals surface area contributed by atoms with Gasteiger partial charge in [-0.2, -0.15) is 0 Å². The third kappa shape index (κ3) is 2.70. The van der Waals surface area contributed by atoms with Gasteiger partial charge in [-0.3, -0.25) is 0 Å². The predicted octanol–water partition coefficient (Wildman–Crippen LogP) is -4.48. The average Bonchev–Trinajstić information content (AvgIpc) is 2.08. The van der Waals surface area contributed by atoms with Gasteiger partial charge in [0.2, 0.25) is 0 Å². The molecule has 0 aliphatic heterocycles. The number of aliphatic hydroxyl groups excluding tert-OH is 6. The monoisotopic (exact) mass is 220 g/mol. The van der Waals surface area contributed by atoms with Crippen LogP contribution in [-0.2, 0) is 0 Å². The van der Waals surface area contributed by atoms with Crippen LogP contribution in [-0.4, -0.2) is 119 Å².